The van der Waals surface area contributed by atoms with E-state index in [1.54, 1.807) is 42.5 Å². The van der Waals surface area contributed by atoms with Gasteiger partial charge in [-0.05, 0) is 61.0 Å². The minimum Gasteiger partial charge on any atom is -0.325 e. The van der Waals surface area contributed by atoms with E-state index >= 15 is 0 Å². The maximum atomic E-state index is 13.3. The molecular weight excluding hydrogens is 494 g/mol. The predicted octanol–water partition coefficient (Wildman–Crippen LogP) is 6.22. The van der Waals surface area contributed by atoms with Gasteiger partial charge in [-0.3, -0.25) is 14.4 Å². The molecule has 0 saturated carbocycles. The van der Waals surface area contributed by atoms with Crippen LogP contribution in [0.1, 0.15) is 22.8 Å². The van der Waals surface area contributed by atoms with Gasteiger partial charge in [-0.2, -0.15) is 0 Å². The Bertz CT molecular complexity index is 1420. The molecule has 4 rings (SSSR count). The monoisotopic (exact) mass is 521 g/mol. The third kappa shape index (κ3) is 7.69. The fourth-order valence-corrected chi connectivity index (χ4v) is 4.45. The summed E-state index contributed by atoms with van der Waals surface area (Å²) in [4.78, 5) is 39.5. The van der Waals surface area contributed by atoms with E-state index in [-0.39, 0.29) is 22.8 Å². The standard InChI is InChI=1S/C31H27N3O3S/c1-22(29(35)32-25-16-9-4-10-17-25)38-27-19-11-18-26(21-27)33-31(37)28(20-23-12-5-2-6-13-23)34-30(36)24-14-7-3-8-15-24/h2-22H,1H3,(H,32,35)(H,33,37)(H,34,36)/b28-20-. The molecule has 7 heteroatoms. The first-order chi connectivity index (χ1) is 18.5. The van der Waals surface area contributed by atoms with Gasteiger partial charge < -0.3 is 16.0 Å². The van der Waals surface area contributed by atoms with Crippen LogP contribution in [0.5, 0.6) is 0 Å². The second-order valence-electron chi connectivity index (χ2n) is 8.39. The molecule has 0 aliphatic heterocycles. The summed E-state index contributed by atoms with van der Waals surface area (Å²) < 4.78 is 0. The minimum absolute atomic E-state index is 0.110. The van der Waals surface area contributed by atoms with Crippen LogP contribution in [0.25, 0.3) is 6.08 Å². The number of hydrogen-bond acceptors (Lipinski definition) is 4. The van der Waals surface area contributed by atoms with E-state index in [9.17, 15) is 14.4 Å². The average molecular weight is 522 g/mol. The summed E-state index contributed by atoms with van der Waals surface area (Å²) in [6.07, 6.45) is 1.63. The number of carbonyl (C=O) groups excluding carboxylic acids is 3. The smallest absolute Gasteiger partial charge is 0.272 e. The van der Waals surface area contributed by atoms with Gasteiger partial charge >= 0.3 is 0 Å². The summed E-state index contributed by atoms with van der Waals surface area (Å²) in [5, 5.41) is 8.14. The molecule has 0 radical (unpaired) electrons. The van der Waals surface area contributed by atoms with E-state index in [1.807, 2.05) is 85.8 Å². The summed E-state index contributed by atoms with van der Waals surface area (Å²) in [6.45, 7) is 1.83. The summed E-state index contributed by atoms with van der Waals surface area (Å²) in [5.74, 6) is -0.965. The highest BCUT2D eigenvalue weighted by molar-refractivity contribution is 8.00. The zero-order valence-corrected chi connectivity index (χ0v) is 21.6. The Kier molecular flexibility index (Phi) is 9.10. The molecule has 3 amide bonds. The van der Waals surface area contributed by atoms with Crippen LogP contribution in [0.2, 0.25) is 0 Å². The molecule has 0 aliphatic carbocycles. The molecule has 4 aromatic carbocycles. The lowest BCUT2D eigenvalue weighted by atomic mass is 10.1. The molecule has 3 N–H and O–H groups in total. The number of benzene rings is 4. The summed E-state index contributed by atoms with van der Waals surface area (Å²) >= 11 is 1.38. The number of thioether (sulfide) groups is 1. The van der Waals surface area contributed by atoms with Crippen molar-refractivity contribution < 1.29 is 14.4 Å². The van der Waals surface area contributed by atoms with E-state index < -0.39 is 5.91 Å². The van der Waals surface area contributed by atoms with Gasteiger partial charge in [-0.1, -0.05) is 72.8 Å². The van der Waals surface area contributed by atoms with Crippen molar-refractivity contribution in [1.82, 2.24) is 5.32 Å². The van der Waals surface area contributed by atoms with Crippen LogP contribution < -0.4 is 16.0 Å². The molecular formula is C31H27N3O3S. The summed E-state index contributed by atoms with van der Waals surface area (Å²) in [7, 11) is 0. The number of anilines is 2. The number of amides is 3. The highest BCUT2D eigenvalue weighted by atomic mass is 32.2. The number of rotatable bonds is 9. The first-order valence-corrected chi connectivity index (χ1v) is 12.9. The van der Waals surface area contributed by atoms with E-state index in [4.69, 9.17) is 0 Å². The van der Waals surface area contributed by atoms with Crippen LogP contribution in [0, 0.1) is 0 Å². The van der Waals surface area contributed by atoms with Gasteiger partial charge in [0.05, 0.1) is 5.25 Å². The third-order valence-electron chi connectivity index (χ3n) is 5.45. The third-order valence-corrected chi connectivity index (χ3v) is 6.55. The van der Waals surface area contributed by atoms with Gasteiger partial charge in [0.1, 0.15) is 5.70 Å². The Morgan fingerprint density at radius 1 is 0.711 bits per heavy atom. The Morgan fingerprint density at radius 3 is 2.00 bits per heavy atom. The molecule has 1 atom stereocenters. The molecule has 4 aromatic rings. The zero-order chi connectivity index (χ0) is 26.7. The van der Waals surface area contributed by atoms with E-state index in [1.165, 1.54) is 11.8 Å². The molecule has 38 heavy (non-hydrogen) atoms. The SMILES string of the molecule is CC(Sc1cccc(NC(=O)/C(=C/c2ccccc2)NC(=O)c2ccccc2)c1)C(=O)Nc1ccccc1. The fourth-order valence-electron chi connectivity index (χ4n) is 3.53. The molecule has 0 heterocycles. The van der Waals surface area contributed by atoms with E-state index in [2.05, 4.69) is 16.0 Å². The molecule has 0 aliphatic rings. The largest absolute Gasteiger partial charge is 0.325 e. The minimum atomic E-state index is -0.463. The fraction of sp³-hybridized carbons (Fsp3) is 0.0645. The van der Waals surface area contributed by atoms with Crippen molar-refractivity contribution in [3.05, 3.63) is 132 Å². The van der Waals surface area contributed by atoms with Gasteiger partial charge in [0.25, 0.3) is 11.8 Å². The first-order valence-electron chi connectivity index (χ1n) is 12.0. The van der Waals surface area contributed by atoms with Crippen LogP contribution in [0.4, 0.5) is 11.4 Å². The van der Waals surface area contributed by atoms with Crippen molar-refractivity contribution in [2.45, 2.75) is 17.1 Å². The van der Waals surface area contributed by atoms with Crippen molar-refractivity contribution in [2.75, 3.05) is 10.6 Å². The Balaban J connectivity index is 1.46. The number of hydrogen-bond donors (Lipinski definition) is 3. The highest BCUT2D eigenvalue weighted by Crippen LogP contribution is 2.27. The molecule has 6 nitrogen and oxygen atoms in total. The normalized spacial score (nSPS) is 11.8. The molecule has 1 unspecified atom stereocenters. The van der Waals surface area contributed by atoms with E-state index in [0.717, 1.165) is 16.1 Å². The molecule has 0 aromatic heterocycles. The van der Waals surface area contributed by atoms with E-state index in [0.29, 0.717) is 11.3 Å². The summed E-state index contributed by atoms with van der Waals surface area (Å²) in [5.41, 5.74) is 2.61. The Hall–Kier alpha value is -4.62. The predicted molar refractivity (Wildman–Crippen MR) is 154 cm³/mol. The van der Waals surface area contributed by atoms with Crippen molar-refractivity contribution in [3.63, 3.8) is 0 Å². The average Bonchev–Trinajstić information content (AvgIpc) is 2.94. The van der Waals surface area contributed by atoms with Gasteiger partial charge in [-0.25, -0.2) is 0 Å². The van der Waals surface area contributed by atoms with Crippen LogP contribution in [0.3, 0.4) is 0 Å². The van der Waals surface area contributed by atoms with Crippen molar-refractivity contribution in [1.29, 1.82) is 0 Å². The van der Waals surface area contributed by atoms with Crippen LogP contribution in [-0.2, 0) is 9.59 Å². The first kappa shape index (κ1) is 26.4. The molecule has 0 spiro atoms. The highest BCUT2D eigenvalue weighted by Gasteiger charge is 2.17. The lowest BCUT2D eigenvalue weighted by Gasteiger charge is -2.14. The summed E-state index contributed by atoms with van der Waals surface area (Å²) in [6, 6.07) is 34.5. The lowest BCUT2D eigenvalue weighted by Crippen LogP contribution is -2.30. The van der Waals surface area contributed by atoms with Gasteiger partial charge in [0.2, 0.25) is 5.91 Å². The second kappa shape index (κ2) is 13.1. The number of nitrogens with one attached hydrogen (secondary N) is 3. The number of para-hydroxylation sites is 1. The number of carbonyl (C=O) groups is 3. The molecule has 0 fully saturated rings. The van der Waals surface area contributed by atoms with Gasteiger partial charge in [-0.15, -0.1) is 11.8 Å². The van der Waals surface area contributed by atoms with Crippen molar-refractivity contribution in [2.24, 2.45) is 0 Å². The van der Waals surface area contributed by atoms with Crippen molar-refractivity contribution >= 4 is 46.9 Å². The van der Waals surface area contributed by atoms with Crippen molar-refractivity contribution in [3.8, 4) is 0 Å². The molecule has 0 bridgehead atoms. The van der Waals surface area contributed by atoms with Gasteiger partial charge in [0.15, 0.2) is 0 Å². The van der Waals surface area contributed by atoms with Crippen LogP contribution in [-0.4, -0.2) is 23.0 Å². The van der Waals surface area contributed by atoms with Gasteiger partial charge in [0, 0.05) is 21.8 Å². The molecule has 0 saturated heterocycles. The zero-order valence-electron chi connectivity index (χ0n) is 20.8. The lowest BCUT2D eigenvalue weighted by molar-refractivity contribution is -0.115. The Morgan fingerprint density at radius 2 is 1.32 bits per heavy atom. The quantitative estimate of drug-likeness (QED) is 0.180. The molecule has 190 valence electrons. The maximum Gasteiger partial charge on any atom is 0.272 e. The maximum absolute atomic E-state index is 13.3. The van der Waals surface area contributed by atoms with Crippen LogP contribution >= 0.6 is 11.8 Å². The topological polar surface area (TPSA) is 87.3 Å². The van der Waals surface area contributed by atoms with Crippen LogP contribution in [0.15, 0.2) is 126 Å². The Labute approximate surface area is 226 Å². The second-order valence-corrected chi connectivity index (χ2v) is 9.80.